The number of aromatic nitrogens is 2. The van der Waals surface area contributed by atoms with Gasteiger partial charge in [-0.25, -0.2) is 9.97 Å². The van der Waals surface area contributed by atoms with Gasteiger partial charge < -0.3 is 16.0 Å². The van der Waals surface area contributed by atoms with Gasteiger partial charge in [-0.1, -0.05) is 54.6 Å². The maximum absolute atomic E-state index is 11.9. The molecule has 1 unspecified atom stereocenters. The number of anilines is 1. The molecular weight excluding hydrogens is 386 g/mol. The van der Waals surface area contributed by atoms with Crippen LogP contribution in [0.3, 0.4) is 0 Å². The number of nitrogens with zero attached hydrogens (tertiary/aromatic N) is 3. The van der Waals surface area contributed by atoms with Crippen LogP contribution in [0.15, 0.2) is 66.7 Å². The van der Waals surface area contributed by atoms with Gasteiger partial charge in [0.1, 0.15) is 6.04 Å². The zero-order valence-corrected chi connectivity index (χ0v) is 17.2. The Labute approximate surface area is 180 Å². The van der Waals surface area contributed by atoms with Crippen LogP contribution in [-0.4, -0.2) is 28.3 Å². The zero-order valence-electron chi connectivity index (χ0n) is 17.2. The molecule has 1 aromatic heterocycles. The van der Waals surface area contributed by atoms with Gasteiger partial charge in [0.05, 0.1) is 11.2 Å². The minimum Gasteiger partial charge on any atom is -0.368 e. The monoisotopic (exact) mass is 409 g/mol. The SMILES string of the molecule is CNCc1ccccc1-c1ccc2nc(N)nc(C3c4ccccc4CN3C=O)c2c1. The number of fused-ring (bicyclic) bond motifs is 2. The molecule has 1 amide bonds. The molecule has 6 nitrogen and oxygen atoms in total. The van der Waals surface area contributed by atoms with Crippen molar-refractivity contribution < 1.29 is 4.79 Å². The van der Waals surface area contributed by atoms with Crippen molar-refractivity contribution in [3.8, 4) is 11.1 Å². The molecule has 0 saturated carbocycles. The molecule has 31 heavy (non-hydrogen) atoms. The first-order chi connectivity index (χ1) is 15.2. The smallest absolute Gasteiger partial charge is 0.220 e. The number of hydrogen-bond acceptors (Lipinski definition) is 5. The van der Waals surface area contributed by atoms with Crippen molar-refractivity contribution in [2.75, 3.05) is 12.8 Å². The molecule has 1 aliphatic heterocycles. The van der Waals surface area contributed by atoms with E-state index in [2.05, 4.69) is 51.7 Å². The van der Waals surface area contributed by atoms with E-state index in [4.69, 9.17) is 5.73 Å². The van der Waals surface area contributed by atoms with Crippen LogP contribution < -0.4 is 11.1 Å². The van der Waals surface area contributed by atoms with Gasteiger partial charge in [-0.2, -0.15) is 0 Å². The van der Waals surface area contributed by atoms with Crippen LogP contribution in [0.1, 0.15) is 28.4 Å². The highest BCUT2D eigenvalue weighted by Gasteiger charge is 2.33. The lowest BCUT2D eigenvalue weighted by molar-refractivity contribution is -0.119. The van der Waals surface area contributed by atoms with Crippen molar-refractivity contribution in [2.45, 2.75) is 19.1 Å². The Bertz CT molecular complexity index is 1290. The summed E-state index contributed by atoms with van der Waals surface area (Å²) >= 11 is 0. The Morgan fingerprint density at radius 3 is 2.74 bits per heavy atom. The zero-order chi connectivity index (χ0) is 21.4. The van der Waals surface area contributed by atoms with E-state index in [1.54, 1.807) is 4.90 Å². The number of amides is 1. The minimum atomic E-state index is -0.288. The van der Waals surface area contributed by atoms with Gasteiger partial charge >= 0.3 is 0 Å². The van der Waals surface area contributed by atoms with Crippen LogP contribution in [0.4, 0.5) is 5.95 Å². The fourth-order valence-corrected chi connectivity index (χ4v) is 4.51. The van der Waals surface area contributed by atoms with E-state index in [1.807, 2.05) is 37.4 Å². The van der Waals surface area contributed by atoms with Crippen molar-refractivity contribution in [2.24, 2.45) is 0 Å². The predicted octanol–water partition coefficient (Wildman–Crippen LogP) is 3.66. The Morgan fingerprint density at radius 2 is 1.90 bits per heavy atom. The number of nitrogens with two attached hydrogens (primary N) is 1. The third kappa shape index (κ3) is 3.31. The normalized spacial score (nSPS) is 15.3. The summed E-state index contributed by atoms with van der Waals surface area (Å²) in [4.78, 5) is 22.8. The summed E-state index contributed by atoms with van der Waals surface area (Å²) in [6.07, 6.45) is 0.890. The number of rotatable bonds is 5. The summed E-state index contributed by atoms with van der Waals surface area (Å²) in [7, 11) is 1.94. The third-order valence-electron chi connectivity index (χ3n) is 5.87. The van der Waals surface area contributed by atoms with E-state index in [1.165, 1.54) is 5.56 Å². The second kappa shape index (κ2) is 7.81. The molecule has 3 aromatic carbocycles. The molecule has 0 saturated heterocycles. The Balaban J connectivity index is 1.73. The van der Waals surface area contributed by atoms with Crippen LogP contribution in [0.25, 0.3) is 22.0 Å². The van der Waals surface area contributed by atoms with E-state index in [-0.39, 0.29) is 12.0 Å². The van der Waals surface area contributed by atoms with Gasteiger partial charge in [-0.05, 0) is 47.0 Å². The standard InChI is InChI=1S/C25H23N5O/c1-27-13-17-6-2-4-8-19(17)16-10-11-22-21(12-16)23(29-25(26)28-22)24-20-9-5-3-7-18(20)14-30(24)15-31/h2-12,15,24,27H,13-14H2,1H3,(H2,26,28,29). The molecule has 5 rings (SSSR count). The summed E-state index contributed by atoms with van der Waals surface area (Å²) in [5, 5.41) is 4.13. The average molecular weight is 409 g/mol. The largest absolute Gasteiger partial charge is 0.368 e. The summed E-state index contributed by atoms with van der Waals surface area (Å²) < 4.78 is 0. The first kappa shape index (κ1) is 19.2. The molecule has 154 valence electrons. The fourth-order valence-electron chi connectivity index (χ4n) is 4.51. The molecular formula is C25H23N5O. The summed E-state index contributed by atoms with van der Waals surface area (Å²) in [5.41, 5.74) is 13.3. The highest BCUT2D eigenvalue weighted by atomic mass is 16.1. The molecule has 1 atom stereocenters. The second-order valence-electron chi connectivity index (χ2n) is 7.77. The van der Waals surface area contributed by atoms with Gasteiger partial charge in [0, 0.05) is 18.5 Å². The molecule has 0 radical (unpaired) electrons. The lowest BCUT2D eigenvalue weighted by Gasteiger charge is -2.22. The van der Waals surface area contributed by atoms with Crippen molar-refractivity contribution >= 4 is 23.3 Å². The number of benzene rings is 3. The number of hydrogen-bond donors (Lipinski definition) is 2. The van der Waals surface area contributed by atoms with Gasteiger partial charge in [0.2, 0.25) is 12.4 Å². The van der Waals surface area contributed by atoms with Gasteiger partial charge in [0.25, 0.3) is 0 Å². The van der Waals surface area contributed by atoms with Crippen LogP contribution in [0.2, 0.25) is 0 Å². The van der Waals surface area contributed by atoms with Crippen LogP contribution >= 0.6 is 0 Å². The lowest BCUT2D eigenvalue weighted by atomic mass is 9.95. The van der Waals surface area contributed by atoms with Crippen LogP contribution in [0, 0.1) is 0 Å². The van der Waals surface area contributed by atoms with Crippen molar-refractivity contribution in [3.05, 3.63) is 89.1 Å². The van der Waals surface area contributed by atoms with Crippen molar-refractivity contribution in [1.29, 1.82) is 0 Å². The first-order valence-corrected chi connectivity index (χ1v) is 10.3. The molecule has 2 heterocycles. The Morgan fingerprint density at radius 1 is 1.10 bits per heavy atom. The molecule has 6 heteroatoms. The van der Waals surface area contributed by atoms with Gasteiger partial charge in [-0.3, -0.25) is 4.79 Å². The van der Waals surface area contributed by atoms with E-state index >= 15 is 0 Å². The first-order valence-electron chi connectivity index (χ1n) is 10.3. The van der Waals surface area contributed by atoms with Crippen LogP contribution in [0.5, 0.6) is 0 Å². The number of carbonyl (C=O) groups is 1. The number of nitrogen functional groups attached to an aromatic ring is 1. The Kier molecular flexibility index (Phi) is 4.84. The third-order valence-corrected chi connectivity index (χ3v) is 5.87. The maximum Gasteiger partial charge on any atom is 0.220 e. The second-order valence-corrected chi connectivity index (χ2v) is 7.77. The highest BCUT2D eigenvalue weighted by Crippen LogP contribution is 2.40. The molecule has 0 spiro atoms. The summed E-state index contributed by atoms with van der Waals surface area (Å²) in [6, 6.07) is 22.3. The van der Waals surface area contributed by atoms with E-state index < -0.39 is 0 Å². The highest BCUT2D eigenvalue weighted by molar-refractivity contribution is 5.88. The average Bonchev–Trinajstić information content (AvgIpc) is 3.17. The predicted molar refractivity (Wildman–Crippen MR) is 122 cm³/mol. The fraction of sp³-hybridized carbons (Fsp3) is 0.160. The quantitative estimate of drug-likeness (QED) is 0.492. The topological polar surface area (TPSA) is 84.1 Å². The van der Waals surface area contributed by atoms with E-state index in [0.29, 0.717) is 6.54 Å². The molecule has 4 aromatic rings. The molecule has 1 aliphatic rings. The summed E-state index contributed by atoms with van der Waals surface area (Å²) in [6.45, 7) is 1.33. The van der Waals surface area contributed by atoms with E-state index in [0.717, 1.165) is 51.8 Å². The Hall–Kier alpha value is -3.77. The number of nitrogens with one attached hydrogen (secondary N) is 1. The number of carbonyl (C=O) groups excluding carboxylic acids is 1. The molecule has 0 aliphatic carbocycles. The van der Waals surface area contributed by atoms with Gasteiger partial charge in [0.15, 0.2) is 0 Å². The summed E-state index contributed by atoms with van der Waals surface area (Å²) in [5.74, 6) is 0.209. The molecule has 0 bridgehead atoms. The van der Waals surface area contributed by atoms with Crippen molar-refractivity contribution in [3.63, 3.8) is 0 Å². The molecule has 3 N–H and O–H groups in total. The molecule has 0 fully saturated rings. The van der Waals surface area contributed by atoms with Crippen LogP contribution in [-0.2, 0) is 17.9 Å². The van der Waals surface area contributed by atoms with Crippen molar-refractivity contribution in [1.82, 2.24) is 20.2 Å². The minimum absolute atomic E-state index is 0.209. The van der Waals surface area contributed by atoms with E-state index in [9.17, 15) is 4.79 Å². The van der Waals surface area contributed by atoms with Gasteiger partial charge in [-0.15, -0.1) is 0 Å². The lowest BCUT2D eigenvalue weighted by Crippen LogP contribution is -2.22. The maximum atomic E-state index is 11.9.